The van der Waals surface area contributed by atoms with Crippen LogP contribution >= 0.6 is 0 Å². The molecule has 1 saturated heterocycles. The van der Waals surface area contributed by atoms with E-state index in [0.29, 0.717) is 45.0 Å². The van der Waals surface area contributed by atoms with Crippen LogP contribution in [-0.4, -0.2) is 50.6 Å². The normalized spacial score (nSPS) is 20.5. The lowest BCUT2D eigenvalue weighted by Crippen LogP contribution is -2.58. The van der Waals surface area contributed by atoms with Crippen molar-refractivity contribution in [1.82, 2.24) is 19.8 Å². The molecule has 0 spiro atoms. The van der Waals surface area contributed by atoms with Crippen LogP contribution in [0.15, 0.2) is 41.1 Å². The molecule has 0 radical (unpaired) electrons. The van der Waals surface area contributed by atoms with E-state index >= 15 is 0 Å². The van der Waals surface area contributed by atoms with Crippen LogP contribution in [0.1, 0.15) is 65.1 Å². The molecule has 2 atom stereocenters. The van der Waals surface area contributed by atoms with Gasteiger partial charge in [0.05, 0.1) is 29.9 Å². The van der Waals surface area contributed by atoms with Gasteiger partial charge in [0.15, 0.2) is 5.75 Å². The third kappa shape index (κ3) is 3.75. The molecule has 1 aliphatic heterocycles. The van der Waals surface area contributed by atoms with E-state index in [0.717, 1.165) is 24.6 Å². The molecule has 1 saturated carbocycles. The van der Waals surface area contributed by atoms with E-state index in [2.05, 4.69) is 17.3 Å². The minimum absolute atomic E-state index is 0.101. The minimum atomic E-state index is -0.994. The van der Waals surface area contributed by atoms with Crippen molar-refractivity contribution in [3.8, 4) is 11.5 Å². The molecule has 8 nitrogen and oxygen atoms in total. The summed E-state index contributed by atoms with van der Waals surface area (Å²) in [6.07, 6.45) is 5.34. The van der Waals surface area contributed by atoms with E-state index in [-0.39, 0.29) is 23.9 Å². The van der Waals surface area contributed by atoms with Crippen molar-refractivity contribution in [3.05, 3.63) is 59.1 Å². The zero-order chi connectivity index (χ0) is 26.1. The first-order valence-electron chi connectivity index (χ1n) is 12.6. The summed E-state index contributed by atoms with van der Waals surface area (Å²) in [5.41, 5.74) is 2.78. The number of likely N-dealkylation sites (tertiary alicyclic amines) is 1. The molecule has 192 valence electrons. The lowest BCUT2D eigenvalue weighted by molar-refractivity contribution is 0.00637. The lowest BCUT2D eigenvalue weighted by Gasteiger charge is -2.41. The second-order valence-electron chi connectivity index (χ2n) is 10.5. The Kier molecular flexibility index (Phi) is 5.29. The second kappa shape index (κ2) is 8.33. The van der Waals surface area contributed by atoms with Crippen molar-refractivity contribution in [2.75, 3.05) is 6.54 Å². The Hall–Kier alpha value is -3.88. The van der Waals surface area contributed by atoms with Crippen LogP contribution in [0.3, 0.4) is 0 Å². The van der Waals surface area contributed by atoms with Gasteiger partial charge in [0.25, 0.3) is 11.8 Å². The number of hydrogen-bond acceptors (Lipinski definition) is 5. The molecule has 4 heterocycles. The molecule has 4 aromatic rings. The molecule has 0 unspecified atom stereocenters. The Morgan fingerprint density at radius 2 is 2.03 bits per heavy atom. The number of alkyl halides is 1. The molecule has 2 fully saturated rings. The van der Waals surface area contributed by atoms with E-state index in [4.69, 9.17) is 9.15 Å². The number of nitrogens with zero attached hydrogens (tertiary/aromatic N) is 3. The van der Waals surface area contributed by atoms with Gasteiger partial charge in [0.1, 0.15) is 28.8 Å². The topological polar surface area (TPSA) is 89.1 Å². The first kappa shape index (κ1) is 23.5. The SMILES string of the molecule is Cc1oc2cc(Oc3ccnn4cc(C(=O)N5C[C@H](F)[C@H]5C)c(C)c34)ccc2c1C(=O)NC1(C)CCC1. The fourth-order valence-electron chi connectivity index (χ4n) is 5.35. The molecular formula is C28H29FN4O4. The van der Waals surface area contributed by atoms with Gasteiger partial charge in [-0.2, -0.15) is 5.10 Å². The van der Waals surface area contributed by atoms with Crippen LogP contribution < -0.4 is 10.1 Å². The molecule has 1 aromatic carbocycles. The predicted octanol–water partition coefficient (Wildman–Crippen LogP) is 5.34. The van der Waals surface area contributed by atoms with Gasteiger partial charge in [0, 0.05) is 29.3 Å². The van der Waals surface area contributed by atoms with Gasteiger partial charge in [-0.05, 0) is 64.7 Å². The summed E-state index contributed by atoms with van der Waals surface area (Å²) >= 11 is 0. The average Bonchev–Trinajstić information content (AvgIpc) is 3.37. The molecule has 2 aliphatic rings. The van der Waals surface area contributed by atoms with Crippen molar-refractivity contribution in [2.45, 2.75) is 64.7 Å². The lowest BCUT2D eigenvalue weighted by atomic mass is 9.78. The highest BCUT2D eigenvalue weighted by Gasteiger charge is 2.40. The number of furan rings is 1. The summed E-state index contributed by atoms with van der Waals surface area (Å²) < 4.78 is 27.4. The molecule has 1 aliphatic carbocycles. The number of hydrogen-bond donors (Lipinski definition) is 1. The monoisotopic (exact) mass is 504 g/mol. The number of aryl methyl sites for hydroxylation is 2. The zero-order valence-corrected chi connectivity index (χ0v) is 21.3. The standard InChI is InChI=1S/C28H29FN4O4/c1-15-20(27(35)32-14-21(29)16(32)2)13-33-25(15)22(8-11-30-33)37-18-6-7-19-23(12-18)36-17(3)24(19)26(34)31-28(4)9-5-10-28/h6-8,11-13,16,21H,5,9-10,14H2,1-4H3,(H,31,34)/t16-,21+/m1/s1. The maximum Gasteiger partial charge on any atom is 0.256 e. The highest BCUT2D eigenvalue weighted by molar-refractivity contribution is 6.07. The summed E-state index contributed by atoms with van der Waals surface area (Å²) in [5.74, 6) is 1.26. The van der Waals surface area contributed by atoms with Crippen molar-refractivity contribution in [2.24, 2.45) is 0 Å². The summed E-state index contributed by atoms with van der Waals surface area (Å²) in [4.78, 5) is 27.6. The third-order valence-corrected chi connectivity index (χ3v) is 7.93. The van der Waals surface area contributed by atoms with E-state index < -0.39 is 12.2 Å². The Bertz CT molecular complexity index is 1570. The summed E-state index contributed by atoms with van der Waals surface area (Å²) in [6.45, 7) is 7.50. The first-order valence-corrected chi connectivity index (χ1v) is 12.6. The Labute approximate surface area is 213 Å². The maximum atomic E-state index is 13.7. The van der Waals surface area contributed by atoms with Gasteiger partial charge in [-0.25, -0.2) is 8.91 Å². The van der Waals surface area contributed by atoms with Gasteiger partial charge >= 0.3 is 0 Å². The van der Waals surface area contributed by atoms with Crippen LogP contribution in [0.25, 0.3) is 16.5 Å². The van der Waals surface area contributed by atoms with E-state index in [1.807, 2.05) is 13.0 Å². The Balaban J connectivity index is 1.30. The van der Waals surface area contributed by atoms with Crippen LogP contribution in [0, 0.1) is 13.8 Å². The smallest absolute Gasteiger partial charge is 0.256 e. The van der Waals surface area contributed by atoms with E-state index in [1.165, 1.54) is 4.90 Å². The fourth-order valence-corrected chi connectivity index (χ4v) is 5.35. The molecule has 37 heavy (non-hydrogen) atoms. The molecule has 9 heteroatoms. The number of amides is 2. The van der Waals surface area contributed by atoms with Crippen LogP contribution in [0.2, 0.25) is 0 Å². The second-order valence-corrected chi connectivity index (χ2v) is 10.5. The first-order chi connectivity index (χ1) is 17.6. The van der Waals surface area contributed by atoms with Gasteiger partial charge in [0.2, 0.25) is 0 Å². The van der Waals surface area contributed by atoms with Gasteiger partial charge in [-0.1, -0.05) is 0 Å². The molecular weight excluding hydrogens is 475 g/mol. The van der Waals surface area contributed by atoms with Crippen molar-refractivity contribution in [3.63, 3.8) is 0 Å². The Morgan fingerprint density at radius 3 is 2.70 bits per heavy atom. The van der Waals surface area contributed by atoms with Crippen LogP contribution in [0.4, 0.5) is 4.39 Å². The fraction of sp³-hybridized carbons (Fsp3) is 0.393. The van der Waals surface area contributed by atoms with Gasteiger partial charge < -0.3 is 19.4 Å². The maximum absolute atomic E-state index is 13.7. The molecule has 0 bridgehead atoms. The number of fused-ring (bicyclic) bond motifs is 2. The number of halogens is 1. The summed E-state index contributed by atoms with van der Waals surface area (Å²) in [5, 5.41) is 8.22. The number of nitrogens with one attached hydrogen (secondary N) is 1. The predicted molar refractivity (Wildman–Crippen MR) is 136 cm³/mol. The third-order valence-electron chi connectivity index (χ3n) is 7.93. The van der Waals surface area contributed by atoms with Crippen LogP contribution in [-0.2, 0) is 0 Å². The Morgan fingerprint density at radius 1 is 1.24 bits per heavy atom. The van der Waals surface area contributed by atoms with Gasteiger partial charge in [-0.15, -0.1) is 0 Å². The molecule has 3 aromatic heterocycles. The van der Waals surface area contributed by atoms with E-state index in [9.17, 15) is 14.0 Å². The average molecular weight is 505 g/mol. The summed E-state index contributed by atoms with van der Waals surface area (Å²) in [7, 11) is 0. The number of aromatic nitrogens is 2. The van der Waals surface area contributed by atoms with Crippen molar-refractivity contribution in [1.29, 1.82) is 0 Å². The van der Waals surface area contributed by atoms with Crippen molar-refractivity contribution >= 4 is 28.3 Å². The zero-order valence-electron chi connectivity index (χ0n) is 21.3. The number of benzene rings is 1. The largest absolute Gasteiger partial charge is 0.460 e. The van der Waals surface area contributed by atoms with Gasteiger partial charge in [-0.3, -0.25) is 9.59 Å². The number of rotatable bonds is 5. The van der Waals surface area contributed by atoms with Crippen LogP contribution in [0.5, 0.6) is 11.5 Å². The highest BCUT2D eigenvalue weighted by atomic mass is 19.1. The molecule has 1 N–H and O–H groups in total. The number of ether oxygens (including phenoxy) is 1. The number of carbonyl (C=O) groups excluding carboxylic acids is 2. The highest BCUT2D eigenvalue weighted by Crippen LogP contribution is 2.36. The van der Waals surface area contributed by atoms with E-state index in [1.54, 1.807) is 49.0 Å². The minimum Gasteiger partial charge on any atom is -0.460 e. The number of carbonyl (C=O) groups is 2. The quantitative estimate of drug-likeness (QED) is 0.396. The summed E-state index contributed by atoms with van der Waals surface area (Å²) in [6, 6.07) is 6.68. The molecule has 6 rings (SSSR count). The molecule has 2 amide bonds. The van der Waals surface area contributed by atoms with Crippen molar-refractivity contribution < 1.29 is 23.1 Å².